The standard InChI is InChI=1S/C14H23NOSi.2ClH.Zr/c1-17(2,12-8-4-5-9-12)14(13(15)16)10-6-3-7-11-14;;;/h4-5,8H,3,6-7,9-11H2,1-2H3,(H2,15,16);2*1H;/q;;;+3/p-3. The normalized spacial score (nSPS) is 20.5. The Morgan fingerprint density at radius 2 is 1.85 bits per heavy atom. The van der Waals surface area contributed by atoms with Gasteiger partial charge in [-0.3, -0.25) is 0 Å². The minimum Gasteiger partial charge on any atom is -1.00 e. The van der Waals surface area contributed by atoms with Crippen molar-refractivity contribution in [1.29, 1.82) is 0 Å². The zero-order valence-electron chi connectivity index (χ0n) is 12.1. The van der Waals surface area contributed by atoms with Crippen molar-refractivity contribution in [2.75, 3.05) is 0 Å². The fraction of sp³-hybridized carbons (Fsp3) is 0.643. The molecule has 0 aromatic rings. The number of allylic oxidation sites excluding steroid dienone is 4. The number of amides is 1. The van der Waals surface area contributed by atoms with Crippen LogP contribution < -0.4 is 28.1 Å². The number of rotatable bonds is 3. The second kappa shape index (κ2) is 8.31. The van der Waals surface area contributed by atoms with Crippen molar-refractivity contribution < 1.29 is 54.6 Å². The summed E-state index contributed by atoms with van der Waals surface area (Å²) in [6.07, 6.45) is 13.7. The zero-order valence-corrected chi connectivity index (χ0v) is 17.1. The van der Waals surface area contributed by atoms with Crippen LogP contribution in [-0.4, -0.2) is 14.0 Å². The fourth-order valence-electron chi connectivity index (χ4n) is 3.63. The molecule has 0 radical (unpaired) electrons. The van der Waals surface area contributed by atoms with Crippen molar-refractivity contribution >= 4 is 14.0 Å². The predicted octanol–water partition coefficient (Wildman–Crippen LogP) is -2.59. The topological polar surface area (TPSA) is 29.1 Å². The molecule has 2 aliphatic rings. The number of hydrogen-bond acceptors (Lipinski definition) is 1. The van der Waals surface area contributed by atoms with E-state index in [1.54, 1.807) is 5.20 Å². The van der Waals surface area contributed by atoms with Gasteiger partial charge in [-0.2, -0.15) is 0 Å². The molecule has 2 aliphatic carbocycles. The first kappa shape index (κ1) is 20.6. The number of halogens is 2. The van der Waals surface area contributed by atoms with E-state index in [9.17, 15) is 4.79 Å². The van der Waals surface area contributed by atoms with E-state index < -0.39 is 8.07 Å². The molecule has 6 heteroatoms. The molecule has 0 aromatic carbocycles. The smallest absolute Gasteiger partial charge is 1.00 e. The average Bonchev–Trinajstić information content (AvgIpc) is 2.93. The Labute approximate surface area is 151 Å². The van der Waals surface area contributed by atoms with Gasteiger partial charge in [-0.15, -0.1) is 0 Å². The van der Waals surface area contributed by atoms with Crippen molar-refractivity contribution in [3.63, 3.8) is 0 Å². The molecule has 0 saturated heterocycles. The van der Waals surface area contributed by atoms with Gasteiger partial charge in [-0.05, 0) is 0 Å². The summed E-state index contributed by atoms with van der Waals surface area (Å²) in [5, 5.41) is 1.51. The SMILES string of the molecule is C[Si](C)(C1=CC=CC1)C1(C(=O)[NH][Zr+2])CCCCC1.[Cl-].[Cl-]. The van der Waals surface area contributed by atoms with E-state index in [0.29, 0.717) is 5.91 Å². The van der Waals surface area contributed by atoms with Crippen molar-refractivity contribution in [1.82, 2.24) is 3.26 Å². The second-order valence-electron chi connectivity index (χ2n) is 6.05. The van der Waals surface area contributed by atoms with E-state index in [0.717, 1.165) is 44.3 Å². The molecule has 1 fully saturated rings. The monoisotopic (exact) mass is 408 g/mol. The number of carbonyl (C=O) groups is 1. The third kappa shape index (κ3) is 3.51. The number of nitrogens with one attached hydrogen (secondary N) is 1. The molecule has 2 nitrogen and oxygen atoms in total. The van der Waals surface area contributed by atoms with Crippen LogP contribution in [0.25, 0.3) is 0 Å². The van der Waals surface area contributed by atoms with Gasteiger partial charge in [0.25, 0.3) is 0 Å². The van der Waals surface area contributed by atoms with Gasteiger partial charge < -0.3 is 24.8 Å². The van der Waals surface area contributed by atoms with E-state index in [1.807, 2.05) is 0 Å². The predicted molar refractivity (Wildman–Crippen MR) is 73.2 cm³/mol. The molecular weight excluding hydrogens is 388 g/mol. The molecule has 0 aromatic heterocycles. The maximum atomic E-state index is 12.6. The zero-order chi connectivity index (χ0) is 13.2. The molecular formula is C14H22Cl2NOSiZr. The van der Waals surface area contributed by atoms with E-state index in [1.165, 1.54) is 19.3 Å². The Bertz CT molecular complexity index is 404. The van der Waals surface area contributed by atoms with Gasteiger partial charge in [-0.25, -0.2) is 0 Å². The molecule has 0 unspecified atom stereocenters. The van der Waals surface area contributed by atoms with Crippen molar-refractivity contribution in [3.8, 4) is 0 Å². The summed E-state index contributed by atoms with van der Waals surface area (Å²) in [5.74, 6) is 0.338. The molecule has 111 valence electrons. The summed E-state index contributed by atoms with van der Waals surface area (Å²) in [5.41, 5.74) is 0. The van der Waals surface area contributed by atoms with E-state index in [2.05, 4.69) is 34.6 Å². The molecule has 0 aliphatic heterocycles. The van der Waals surface area contributed by atoms with Gasteiger partial charge in [0.1, 0.15) is 0 Å². The first-order chi connectivity index (χ1) is 8.54. The molecule has 0 bridgehead atoms. The Balaban J connectivity index is 0.00000180. The summed E-state index contributed by atoms with van der Waals surface area (Å²) in [6, 6.07) is 0. The fourth-order valence-corrected chi connectivity index (χ4v) is 8.51. The molecule has 0 heterocycles. The van der Waals surface area contributed by atoms with E-state index in [-0.39, 0.29) is 29.9 Å². The molecule has 2 rings (SSSR count). The minimum atomic E-state index is -1.70. The van der Waals surface area contributed by atoms with Gasteiger partial charge in [-0.1, -0.05) is 0 Å². The summed E-state index contributed by atoms with van der Waals surface area (Å²) >= 11 is 1.13. The van der Waals surface area contributed by atoms with Crippen LogP contribution in [0.5, 0.6) is 0 Å². The second-order valence-corrected chi connectivity index (χ2v) is 11.5. The number of carbonyl (C=O) groups excluding carboxylic acids is 1. The molecule has 0 spiro atoms. The Morgan fingerprint density at radius 3 is 2.30 bits per heavy atom. The van der Waals surface area contributed by atoms with Gasteiger partial charge >= 0.3 is 127 Å². The molecule has 0 atom stereocenters. The summed E-state index contributed by atoms with van der Waals surface area (Å²) in [6.45, 7) is 4.81. The van der Waals surface area contributed by atoms with Crippen LogP contribution in [0.1, 0.15) is 38.5 Å². The third-order valence-corrected chi connectivity index (χ3v) is 10.7. The molecule has 1 amide bonds. The van der Waals surface area contributed by atoms with E-state index in [4.69, 9.17) is 0 Å². The largest absolute Gasteiger partial charge is 1.00 e. The van der Waals surface area contributed by atoms with Gasteiger partial charge in [0.2, 0.25) is 0 Å². The third-order valence-electron chi connectivity index (χ3n) is 5.03. The first-order valence-electron chi connectivity index (χ1n) is 6.88. The van der Waals surface area contributed by atoms with Gasteiger partial charge in [0.05, 0.1) is 0 Å². The van der Waals surface area contributed by atoms with Crippen LogP contribution in [0.3, 0.4) is 0 Å². The molecule has 20 heavy (non-hydrogen) atoms. The molecule has 1 N–H and O–H groups in total. The maximum Gasteiger partial charge on any atom is -1.00 e. The van der Waals surface area contributed by atoms with Crippen LogP contribution >= 0.6 is 0 Å². The van der Waals surface area contributed by atoms with Crippen LogP contribution in [0.2, 0.25) is 18.1 Å². The summed E-state index contributed by atoms with van der Waals surface area (Å²) in [4.78, 5) is 12.6. The summed E-state index contributed by atoms with van der Waals surface area (Å²) in [7, 11) is -1.70. The quantitative estimate of drug-likeness (QED) is 0.509. The Hall–Kier alpha value is 0.630. The van der Waals surface area contributed by atoms with Crippen LogP contribution in [0.4, 0.5) is 0 Å². The maximum absolute atomic E-state index is 12.6. The van der Waals surface area contributed by atoms with Gasteiger partial charge in [0.15, 0.2) is 0 Å². The van der Waals surface area contributed by atoms with Crippen LogP contribution in [0, 0.1) is 0 Å². The Morgan fingerprint density at radius 1 is 1.25 bits per heavy atom. The van der Waals surface area contributed by atoms with Crippen molar-refractivity contribution in [2.24, 2.45) is 0 Å². The van der Waals surface area contributed by atoms with Crippen molar-refractivity contribution in [2.45, 2.75) is 56.7 Å². The summed E-state index contributed by atoms with van der Waals surface area (Å²) < 4.78 is 3.04. The minimum absolute atomic E-state index is 0. The number of hydrogen-bond donors (Lipinski definition) is 1. The Kier molecular flexibility index (Phi) is 8.57. The van der Waals surface area contributed by atoms with Crippen LogP contribution in [0.15, 0.2) is 23.4 Å². The van der Waals surface area contributed by atoms with Crippen molar-refractivity contribution in [3.05, 3.63) is 23.4 Å². The van der Waals surface area contributed by atoms with E-state index >= 15 is 0 Å². The van der Waals surface area contributed by atoms with Crippen LogP contribution in [-0.2, 0) is 29.8 Å². The first-order valence-corrected chi connectivity index (χ1v) is 11.1. The average molecular weight is 411 g/mol. The van der Waals surface area contributed by atoms with Gasteiger partial charge in [0, 0.05) is 0 Å². The molecule has 1 saturated carbocycles.